The highest BCUT2D eigenvalue weighted by Gasteiger charge is 2.39. The van der Waals surface area contributed by atoms with Crippen LogP contribution in [-0.2, 0) is 13.7 Å². The van der Waals surface area contributed by atoms with Gasteiger partial charge in [-0.15, -0.1) is 11.3 Å². The fourth-order valence-corrected chi connectivity index (χ4v) is 10.9. The van der Waals surface area contributed by atoms with E-state index in [-0.39, 0.29) is 4.90 Å². The van der Waals surface area contributed by atoms with Crippen LogP contribution in [0.3, 0.4) is 0 Å². The molecule has 4 aromatic carbocycles. The summed E-state index contributed by atoms with van der Waals surface area (Å²) in [5.74, 6) is 0. The Hall–Kier alpha value is -3.16. The van der Waals surface area contributed by atoms with E-state index in [1.807, 2.05) is 85.8 Å². The molecule has 6 heteroatoms. The smallest absolute Gasteiger partial charge is 0.202 e. The van der Waals surface area contributed by atoms with Crippen molar-refractivity contribution >= 4 is 31.8 Å². The second-order valence-corrected chi connectivity index (χ2v) is 13.6. The number of hydrogen-bond acceptors (Lipinski definition) is 4. The molecule has 0 bridgehead atoms. The molecule has 0 spiro atoms. The van der Waals surface area contributed by atoms with Crippen LogP contribution in [0.2, 0.25) is 0 Å². The fourth-order valence-electron chi connectivity index (χ4n) is 3.83. The zero-order valence-corrected chi connectivity index (χ0v) is 21.5. The molecule has 35 heavy (non-hydrogen) atoms. The van der Waals surface area contributed by atoms with Crippen LogP contribution in [0.1, 0.15) is 5.56 Å². The molecule has 0 aliphatic heterocycles. The summed E-state index contributed by atoms with van der Waals surface area (Å²) in [6, 6.07) is 38.3. The van der Waals surface area contributed by atoms with Crippen molar-refractivity contribution in [3.8, 4) is 11.1 Å². The van der Waals surface area contributed by atoms with Crippen molar-refractivity contribution in [2.24, 2.45) is 0 Å². The molecule has 5 rings (SSSR count). The highest BCUT2D eigenvalue weighted by molar-refractivity contribution is 8.34. The Balaban J connectivity index is 1.75. The standard InChI is InChI=1S/C29H24O3S3/c1-23-17-19-28(20-18-23)35(30,31)32-34(26-13-7-3-8-14-26,27-15-9-4-10-16-27)29-21-25(22-33-29)24-11-5-2-6-12-24/h2-22H,1H3. The van der Waals surface area contributed by atoms with Crippen LogP contribution >= 0.6 is 21.6 Å². The van der Waals surface area contributed by atoms with Crippen LogP contribution < -0.4 is 0 Å². The maximum absolute atomic E-state index is 13.8. The number of hydrogen-bond donors (Lipinski definition) is 0. The van der Waals surface area contributed by atoms with Gasteiger partial charge in [-0.3, -0.25) is 0 Å². The molecule has 1 aromatic heterocycles. The van der Waals surface area contributed by atoms with Gasteiger partial charge in [0.25, 0.3) is 0 Å². The summed E-state index contributed by atoms with van der Waals surface area (Å²) in [4.78, 5) is 1.79. The van der Waals surface area contributed by atoms with Crippen molar-refractivity contribution in [3.05, 3.63) is 132 Å². The van der Waals surface area contributed by atoms with E-state index in [1.54, 1.807) is 24.3 Å². The van der Waals surface area contributed by atoms with Gasteiger partial charge in [0.1, 0.15) is 0 Å². The quantitative estimate of drug-likeness (QED) is 0.218. The first-order valence-electron chi connectivity index (χ1n) is 11.1. The predicted molar refractivity (Wildman–Crippen MR) is 144 cm³/mol. The fraction of sp³-hybridized carbons (Fsp3) is 0.0345. The Labute approximate surface area is 212 Å². The number of aryl methyl sites for hydroxylation is 1. The molecule has 0 fully saturated rings. The Morgan fingerprint density at radius 2 is 1.11 bits per heavy atom. The Bertz CT molecular complexity index is 1470. The molecule has 0 aliphatic carbocycles. The summed E-state index contributed by atoms with van der Waals surface area (Å²) in [5, 5.41) is 2.07. The molecule has 0 radical (unpaired) electrons. The second-order valence-electron chi connectivity index (χ2n) is 8.04. The van der Waals surface area contributed by atoms with Crippen LogP contribution in [0.5, 0.6) is 0 Å². The molecular formula is C29H24O3S3. The molecule has 0 saturated carbocycles. The molecule has 176 valence electrons. The van der Waals surface area contributed by atoms with Gasteiger partial charge < -0.3 is 0 Å². The summed E-state index contributed by atoms with van der Waals surface area (Å²) in [6.07, 6.45) is 0. The Morgan fingerprint density at radius 1 is 0.600 bits per heavy atom. The predicted octanol–water partition coefficient (Wildman–Crippen LogP) is 8.33. The van der Waals surface area contributed by atoms with Gasteiger partial charge in [0, 0.05) is 9.79 Å². The molecule has 1 heterocycles. The minimum absolute atomic E-state index is 0.145. The molecule has 0 N–H and O–H groups in total. The summed E-state index contributed by atoms with van der Waals surface area (Å²) in [5.41, 5.74) is 3.09. The zero-order chi connectivity index (χ0) is 24.3. The molecule has 0 saturated heterocycles. The lowest BCUT2D eigenvalue weighted by molar-refractivity contribution is 0.509. The summed E-state index contributed by atoms with van der Waals surface area (Å²) < 4.78 is 34.8. The molecule has 0 atom stereocenters. The lowest BCUT2D eigenvalue weighted by Gasteiger charge is -2.38. The van der Waals surface area contributed by atoms with Crippen molar-refractivity contribution in [1.29, 1.82) is 0 Å². The topological polar surface area (TPSA) is 43.4 Å². The van der Waals surface area contributed by atoms with Crippen LogP contribution in [0, 0.1) is 6.92 Å². The monoisotopic (exact) mass is 516 g/mol. The minimum Gasteiger partial charge on any atom is -0.202 e. The second kappa shape index (κ2) is 9.84. The first-order chi connectivity index (χ1) is 17.0. The molecule has 3 nitrogen and oxygen atoms in total. The summed E-state index contributed by atoms with van der Waals surface area (Å²) in [7, 11) is -6.70. The molecule has 0 aliphatic rings. The zero-order valence-electron chi connectivity index (χ0n) is 19.1. The third kappa shape index (κ3) is 4.70. The van der Waals surface area contributed by atoms with Crippen molar-refractivity contribution in [2.45, 2.75) is 25.8 Å². The molecule has 0 unspecified atom stereocenters. The normalized spacial score (nSPS) is 12.4. The van der Waals surface area contributed by atoms with Crippen LogP contribution in [0.4, 0.5) is 0 Å². The lowest BCUT2D eigenvalue weighted by atomic mass is 10.1. The highest BCUT2D eigenvalue weighted by atomic mass is 32.3. The van der Waals surface area contributed by atoms with Gasteiger partial charge in [0.05, 0.1) is 9.10 Å². The van der Waals surface area contributed by atoms with Crippen molar-refractivity contribution in [2.75, 3.05) is 0 Å². The van der Waals surface area contributed by atoms with E-state index in [9.17, 15) is 8.42 Å². The summed E-state index contributed by atoms with van der Waals surface area (Å²) in [6.45, 7) is 1.93. The van der Waals surface area contributed by atoms with Gasteiger partial charge in [0.2, 0.25) is 0 Å². The maximum atomic E-state index is 13.8. The van der Waals surface area contributed by atoms with E-state index < -0.39 is 20.4 Å². The minimum atomic E-state index is -4.09. The van der Waals surface area contributed by atoms with Crippen LogP contribution in [-0.4, -0.2) is 8.42 Å². The maximum Gasteiger partial charge on any atom is 0.307 e. The van der Waals surface area contributed by atoms with E-state index in [2.05, 4.69) is 23.6 Å². The van der Waals surface area contributed by atoms with Crippen molar-refractivity contribution in [1.82, 2.24) is 0 Å². The lowest BCUT2D eigenvalue weighted by Crippen LogP contribution is -2.13. The third-order valence-electron chi connectivity index (χ3n) is 5.62. The highest BCUT2D eigenvalue weighted by Crippen LogP contribution is 2.71. The van der Waals surface area contributed by atoms with Gasteiger partial charge in [-0.25, -0.2) is 3.63 Å². The molecular weight excluding hydrogens is 493 g/mol. The first kappa shape index (κ1) is 23.6. The summed E-state index contributed by atoms with van der Waals surface area (Å²) >= 11 is 1.53. The van der Waals surface area contributed by atoms with Gasteiger partial charge in [-0.1, -0.05) is 84.4 Å². The van der Waals surface area contributed by atoms with E-state index in [4.69, 9.17) is 3.63 Å². The molecule has 5 aromatic rings. The first-order valence-corrected chi connectivity index (χ1v) is 14.9. The van der Waals surface area contributed by atoms with Crippen LogP contribution in [0.15, 0.2) is 146 Å². The molecule has 0 amide bonds. The number of thiophene rings is 1. The number of benzene rings is 4. The van der Waals surface area contributed by atoms with Gasteiger partial charge in [-0.2, -0.15) is 8.42 Å². The third-order valence-corrected chi connectivity index (χ3v) is 12.3. The van der Waals surface area contributed by atoms with Gasteiger partial charge >= 0.3 is 10.1 Å². The van der Waals surface area contributed by atoms with Crippen molar-refractivity contribution < 1.29 is 12.0 Å². The van der Waals surface area contributed by atoms with Gasteiger partial charge in [0.15, 0.2) is 0 Å². The van der Waals surface area contributed by atoms with Crippen molar-refractivity contribution in [3.63, 3.8) is 0 Å². The van der Waals surface area contributed by atoms with Gasteiger partial charge in [-0.05, 0) is 76.2 Å². The van der Waals surface area contributed by atoms with E-state index >= 15 is 0 Å². The van der Waals surface area contributed by atoms with E-state index in [0.717, 1.165) is 30.7 Å². The van der Waals surface area contributed by atoms with Crippen LogP contribution in [0.25, 0.3) is 11.1 Å². The average Bonchev–Trinajstić information content (AvgIpc) is 3.40. The Morgan fingerprint density at radius 3 is 1.66 bits per heavy atom. The average molecular weight is 517 g/mol. The van der Waals surface area contributed by atoms with E-state index in [0.29, 0.717) is 0 Å². The SMILES string of the molecule is Cc1ccc(S(=O)(=O)OS(c2ccccc2)(c2ccccc2)c2cc(-c3ccccc3)cs2)cc1. The largest absolute Gasteiger partial charge is 0.307 e. The number of rotatable bonds is 7. The van der Waals surface area contributed by atoms with E-state index in [1.165, 1.54) is 11.3 Å². The Kier molecular flexibility index (Phi) is 6.62.